The lowest BCUT2D eigenvalue weighted by atomic mass is 10.2. The van der Waals surface area contributed by atoms with Crippen LogP contribution in [0, 0.1) is 0 Å². The zero-order chi connectivity index (χ0) is 12.1. The first-order valence-electron chi connectivity index (χ1n) is 4.26. The quantitative estimate of drug-likeness (QED) is 0.767. The smallest absolute Gasteiger partial charge is 0.306 e. The number of aryl methyl sites for hydroxylation is 1. The zero-order valence-corrected chi connectivity index (χ0v) is 8.78. The fraction of sp³-hybridized carbons (Fsp3) is 0.222. The van der Waals surface area contributed by atoms with E-state index in [2.05, 4.69) is 4.98 Å². The lowest BCUT2D eigenvalue weighted by Gasteiger charge is -2.08. The van der Waals surface area contributed by atoms with Crippen molar-refractivity contribution in [1.29, 1.82) is 0 Å². The minimum atomic E-state index is -4.53. The van der Waals surface area contributed by atoms with Crippen LogP contribution in [0.2, 0.25) is 5.02 Å². The highest BCUT2D eigenvalue weighted by Gasteiger charge is 2.33. The van der Waals surface area contributed by atoms with Gasteiger partial charge in [-0.1, -0.05) is 11.6 Å². The van der Waals surface area contributed by atoms with E-state index >= 15 is 0 Å². The van der Waals surface area contributed by atoms with Crippen LogP contribution in [0.3, 0.4) is 0 Å². The van der Waals surface area contributed by atoms with Gasteiger partial charge >= 0.3 is 11.9 Å². The van der Waals surface area contributed by atoms with E-state index in [4.69, 9.17) is 11.6 Å². The molecule has 0 aliphatic heterocycles. The van der Waals surface area contributed by atoms with Crippen molar-refractivity contribution in [2.24, 2.45) is 7.05 Å². The lowest BCUT2D eigenvalue weighted by molar-refractivity contribution is -0.137. The lowest BCUT2D eigenvalue weighted by Crippen LogP contribution is -2.11. The normalized spacial score (nSPS) is 12.3. The van der Waals surface area contributed by atoms with Gasteiger partial charge in [-0.15, -0.1) is 0 Å². The molecule has 7 heteroatoms. The summed E-state index contributed by atoms with van der Waals surface area (Å²) >= 11 is 5.52. The topological polar surface area (TPSA) is 37.8 Å². The fourth-order valence-electron chi connectivity index (χ4n) is 1.47. The monoisotopic (exact) mass is 250 g/mol. The Kier molecular flexibility index (Phi) is 2.27. The Morgan fingerprint density at radius 2 is 2.00 bits per heavy atom. The molecule has 1 heterocycles. The Morgan fingerprint density at radius 3 is 2.56 bits per heavy atom. The van der Waals surface area contributed by atoms with E-state index in [-0.39, 0.29) is 5.52 Å². The predicted molar refractivity (Wildman–Crippen MR) is 53.6 cm³/mol. The molecule has 3 nitrogen and oxygen atoms in total. The molecule has 0 fully saturated rings. The van der Waals surface area contributed by atoms with Crippen LogP contribution in [0.5, 0.6) is 0 Å². The van der Waals surface area contributed by atoms with Crippen LogP contribution in [0.4, 0.5) is 13.2 Å². The molecule has 0 amide bonds. The molecule has 1 aromatic carbocycles. The standard InChI is InChI=1S/C9H6ClF3N2O/c1-15-7-3-5(10)4(9(11,12)13)2-6(7)14-8(15)16/h2-3H,1H3,(H,14,16). The van der Waals surface area contributed by atoms with Crippen LogP contribution in [0.25, 0.3) is 11.0 Å². The van der Waals surface area contributed by atoms with Crippen molar-refractivity contribution >= 4 is 22.6 Å². The summed E-state index contributed by atoms with van der Waals surface area (Å²) in [5.74, 6) is 0. The van der Waals surface area contributed by atoms with E-state index in [0.717, 1.165) is 12.1 Å². The molecule has 0 saturated heterocycles. The van der Waals surface area contributed by atoms with E-state index in [0.29, 0.717) is 5.52 Å². The van der Waals surface area contributed by atoms with Crippen molar-refractivity contribution in [2.75, 3.05) is 0 Å². The van der Waals surface area contributed by atoms with Gasteiger partial charge in [-0.3, -0.25) is 4.57 Å². The molecule has 0 atom stereocenters. The highest BCUT2D eigenvalue weighted by molar-refractivity contribution is 6.32. The molecule has 0 bridgehead atoms. The van der Waals surface area contributed by atoms with Crippen molar-refractivity contribution < 1.29 is 13.2 Å². The van der Waals surface area contributed by atoms with Crippen molar-refractivity contribution in [3.05, 3.63) is 33.2 Å². The number of nitrogens with one attached hydrogen (secondary N) is 1. The Morgan fingerprint density at radius 1 is 1.38 bits per heavy atom. The average molecular weight is 251 g/mol. The molecule has 0 spiro atoms. The first-order valence-corrected chi connectivity index (χ1v) is 4.64. The number of aromatic nitrogens is 2. The molecule has 2 aromatic rings. The number of alkyl halides is 3. The third-order valence-corrected chi connectivity index (χ3v) is 2.61. The molecule has 16 heavy (non-hydrogen) atoms. The first kappa shape index (κ1) is 11.1. The van der Waals surface area contributed by atoms with E-state index in [1.54, 1.807) is 0 Å². The van der Waals surface area contributed by atoms with Crippen LogP contribution in [-0.2, 0) is 13.2 Å². The van der Waals surface area contributed by atoms with Gasteiger partial charge in [0.05, 0.1) is 21.6 Å². The summed E-state index contributed by atoms with van der Waals surface area (Å²) in [6.07, 6.45) is -4.53. The highest BCUT2D eigenvalue weighted by atomic mass is 35.5. The van der Waals surface area contributed by atoms with Gasteiger partial charge in [0.25, 0.3) is 0 Å². The number of halogens is 4. The predicted octanol–water partition coefficient (Wildman–Crippen LogP) is 2.54. The summed E-state index contributed by atoms with van der Waals surface area (Å²) in [5, 5.41) is -0.422. The molecule has 2 rings (SSSR count). The van der Waals surface area contributed by atoms with Gasteiger partial charge in [0.1, 0.15) is 0 Å². The summed E-state index contributed by atoms with van der Waals surface area (Å²) in [5.41, 5.74) is -0.985. The van der Waals surface area contributed by atoms with E-state index in [9.17, 15) is 18.0 Å². The maximum Gasteiger partial charge on any atom is 0.417 e. The van der Waals surface area contributed by atoms with Gasteiger partial charge in [0.15, 0.2) is 0 Å². The van der Waals surface area contributed by atoms with Crippen molar-refractivity contribution in [3.8, 4) is 0 Å². The number of hydrogen-bond acceptors (Lipinski definition) is 1. The van der Waals surface area contributed by atoms with Crippen LogP contribution in [0.15, 0.2) is 16.9 Å². The van der Waals surface area contributed by atoms with Gasteiger partial charge in [0.2, 0.25) is 0 Å². The summed E-state index contributed by atoms with van der Waals surface area (Å²) in [6.45, 7) is 0. The number of hydrogen-bond donors (Lipinski definition) is 1. The maximum absolute atomic E-state index is 12.5. The molecule has 86 valence electrons. The number of fused-ring (bicyclic) bond motifs is 1. The maximum atomic E-state index is 12.5. The first-order chi connectivity index (χ1) is 7.30. The Hall–Kier alpha value is -1.43. The Bertz CT molecular complexity index is 611. The average Bonchev–Trinajstić information content (AvgIpc) is 2.41. The third-order valence-electron chi connectivity index (χ3n) is 2.30. The molecule has 0 radical (unpaired) electrons. The van der Waals surface area contributed by atoms with Gasteiger partial charge < -0.3 is 4.98 Å². The summed E-state index contributed by atoms with van der Waals surface area (Å²) in [4.78, 5) is 13.5. The van der Waals surface area contributed by atoms with Crippen LogP contribution in [-0.4, -0.2) is 9.55 Å². The molecular weight excluding hydrogens is 245 g/mol. The zero-order valence-electron chi connectivity index (χ0n) is 8.02. The minimum Gasteiger partial charge on any atom is -0.306 e. The number of imidazole rings is 1. The molecule has 0 aliphatic rings. The van der Waals surface area contributed by atoms with Crippen LogP contribution < -0.4 is 5.69 Å². The number of aromatic amines is 1. The van der Waals surface area contributed by atoms with Gasteiger partial charge in [-0.05, 0) is 12.1 Å². The number of H-pyrrole nitrogens is 1. The van der Waals surface area contributed by atoms with Gasteiger partial charge in [-0.2, -0.15) is 13.2 Å². The number of nitrogens with zero attached hydrogens (tertiary/aromatic N) is 1. The largest absolute Gasteiger partial charge is 0.417 e. The Balaban J connectivity index is 2.83. The van der Waals surface area contributed by atoms with Gasteiger partial charge in [0, 0.05) is 7.05 Å². The van der Waals surface area contributed by atoms with Gasteiger partial charge in [-0.25, -0.2) is 4.79 Å². The second-order valence-electron chi connectivity index (χ2n) is 3.34. The fourth-order valence-corrected chi connectivity index (χ4v) is 1.73. The SMILES string of the molecule is Cn1c(=O)[nH]c2cc(C(F)(F)F)c(Cl)cc21. The van der Waals surface area contributed by atoms with Crippen molar-refractivity contribution in [1.82, 2.24) is 9.55 Å². The van der Waals surface area contributed by atoms with E-state index in [1.807, 2.05) is 0 Å². The van der Waals surface area contributed by atoms with Crippen LogP contribution >= 0.6 is 11.6 Å². The molecule has 0 saturated carbocycles. The highest BCUT2D eigenvalue weighted by Crippen LogP contribution is 2.36. The van der Waals surface area contributed by atoms with E-state index in [1.165, 1.54) is 11.6 Å². The summed E-state index contributed by atoms with van der Waals surface area (Å²) in [6, 6.07) is 1.96. The molecular formula is C9H6ClF3N2O. The van der Waals surface area contributed by atoms with E-state index < -0.39 is 22.5 Å². The number of rotatable bonds is 0. The van der Waals surface area contributed by atoms with Crippen molar-refractivity contribution in [3.63, 3.8) is 0 Å². The Labute approximate surface area is 92.4 Å². The number of benzene rings is 1. The molecule has 0 aliphatic carbocycles. The van der Waals surface area contributed by atoms with Crippen LogP contribution in [0.1, 0.15) is 5.56 Å². The summed E-state index contributed by atoms with van der Waals surface area (Å²) in [7, 11) is 1.45. The summed E-state index contributed by atoms with van der Waals surface area (Å²) < 4.78 is 38.7. The minimum absolute atomic E-state index is 0.115. The molecule has 1 N–H and O–H groups in total. The third kappa shape index (κ3) is 1.59. The van der Waals surface area contributed by atoms with Crippen molar-refractivity contribution in [2.45, 2.75) is 6.18 Å². The second-order valence-corrected chi connectivity index (χ2v) is 3.74. The second kappa shape index (κ2) is 3.28. The molecule has 1 aromatic heterocycles. The molecule has 0 unspecified atom stereocenters.